The summed E-state index contributed by atoms with van der Waals surface area (Å²) in [6.07, 6.45) is 0.849. The van der Waals surface area contributed by atoms with E-state index in [2.05, 4.69) is 34.6 Å². The third-order valence-corrected chi connectivity index (χ3v) is 3.45. The Bertz CT molecular complexity index is 640. The van der Waals surface area contributed by atoms with E-state index >= 15 is 0 Å². The van der Waals surface area contributed by atoms with E-state index in [1.54, 1.807) is 0 Å². The summed E-state index contributed by atoms with van der Waals surface area (Å²) in [5, 5.41) is 15.1. The molecule has 8 heteroatoms. The summed E-state index contributed by atoms with van der Waals surface area (Å²) in [6, 6.07) is 7.82. The summed E-state index contributed by atoms with van der Waals surface area (Å²) in [6.45, 7) is 6.67. The standard InChI is InChI=1S/C16H24N6O.ClH/c1-11(2)8-14(9-17)18-15(23)10-22-20-16(19-21-22)13-6-4-12(3)5-7-13;/h4-7,11,14H,8-10,17H2,1-3H3,(H,18,23);1H. The number of aryl methyl sites for hydroxylation is 1. The van der Waals surface area contributed by atoms with Gasteiger partial charge in [0.2, 0.25) is 11.7 Å². The third-order valence-electron chi connectivity index (χ3n) is 3.45. The molecule has 1 aromatic heterocycles. The molecule has 0 radical (unpaired) electrons. The molecule has 0 bridgehead atoms. The second kappa shape index (κ2) is 9.34. The highest BCUT2D eigenvalue weighted by molar-refractivity contribution is 5.85. The molecule has 0 saturated carbocycles. The molecular formula is C16H25ClN6O. The minimum Gasteiger partial charge on any atom is -0.350 e. The van der Waals surface area contributed by atoms with Crippen LogP contribution in [-0.4, -0.2) is 38.7 Å². The van der Waals surface area contributed by atoms with Crippen molar-refractivity contribution in [2.45, 2.75) is 39.8 Å². The quantitative estimate of drug-likeness (QED) is 0.787. The number of amides is 1. The lowest BCUT2D eigenvalue weighted by Crippen LogP contribution is -2.42. The molecule has 0 aliphatic rings. The zero-order chi connectivity index (χ0) is 16.8. The van der Waals surface area contributed by atoms with Crippen LogP contribution in [0.3, 0.4) is 0 Å². The molecule has 0 spiro atoms. The summed E-state index contributed by atoms with van der Waals surface area (Å²) in [5.41, 5.74) is 7.73. The number of nitrogens with two attached hydrogens (primary N) is 1. The van der Waals surface area contributed by atoms with Crippen LogP contribution in [0.25, 0.3) is 11.4 Å². The summed E-state index contributed by atoms with van der Waals surface area (Å²) < 4.78 is 0. The Kier molecular flexibility index (Phi) is 7.81. The summed E-state index contributed by atoms with van der Waals surface area (Å²) in [4.78, 5) is 13.4. The van der Waals surface area contributed by atoms with Gasteiger partial charge in [-0.15, -0.1) is 22.6 Å². The van der Waals surface area contributed by atoms with Gasteiger partial charge >= 0.3 is 0 Å². The van der Waals surface area contributed by atoms with Crippen molar-refractivity contribution >= 4 is 18.3 Å². The third kappa shape index (κ3) is 5.90. The molecule has 0 aliphatic heterocycles. The van der Waals surface area contributed by atoms with Crippen LogP contribution in [0, 0.1) is 12.8 Å². The number of nitrogens with zero attached hydrogens (tertiary/aromatic N) is 4. The van der Waals surface area contributed by atoms with Crippen molar-refractivity contribution in [2.75, 3.05) is 6.54 Å². The zero-order valence-electron chi connectivity index (χ0n) is 14.3. The Morgan fingerprint density at radius 2 is 1.96 bits per heavy atom. The minimum absolute atomic E-state index is 0. The van der Waals surface area contributed by atoms with E-state index in [0.717, 1.165) is 12.0 Å². The average molecular weight is 353 g/mol. The first-order chi connectivity index (χ1) is 11.0. The first kappa shape index (κ1) is 20.1. The maximum atomic E-state index is 12.1. The van der Waals surface area contributed by atoms with Gasteiger partial charge < -0.3 is 11.1 Å². The number of carbonyl (C=O) groups is 1. The second-order valence-corrected chi connectivity index (χ2v) is 6.14. The number of rotatable bonds is 7. The Labute approximate surface area is 148 Å². The van der Waals surface area contributed by atoms with Gasteiger partial charge in [-0.25, -0.2) is 0 Å². The minimum atomic E-state index is -0.158. The Balaban J connectivity index is 0.00000288. The van der Waals surface area contributed by atoms with Crippen molar-refractivity contribution in [3.8, 4) is 11.4 Å². The maximum absolute atomic E-state index is 12.1. The van der Waals surface area contributed by atoms with Crippen molar-refractivity contribution in [1.29, 1.82) is 0 Å². The molecule has 132 valence electrons. The number of halogens is 1. The second-order valence-electron chi connectivity index (χ2n) is 6.14. The van der Waals surface area contributed by atoms with Crippen LogP contribution < -0.4 is 11.1 Å². The van der Waals surface area contributed by atoms with Crippen LogP contribution in [0.2, 0.25) is 0 Å². The van der Waals surface area contributed by atoms with E-state index in [9.17, 15) is 4.79 Å². The van der Waals surface area contributed by atoms with Crippen molar-refractivity contribution < 1.29 is 4.79 Å². The van der Waals surface area contributed by atoms with Gasteiger partial charge in [-0.2, -0.15) is 4.80 Å². The highest BCUT2D eigenvalue weighted by Crippen LogP contribution is 2.13. The van der Waals surface area contributed by atoms with E-state index in [1.165, 1.54) is 10.4 Å². The van der Waals surface area contributed by atoms with Crippen molar-refractivity contribution in [3.05, 3.63) is 29.8 Å². The Hall–Kier alpha value is -1.99. The lowest BCUT2D eigenvalue weighted by molar-refractivity contribution is -0.122. The highest BCUT2D eigenvalue weighted by Gasteiger charge is 2.14. The van der Waals surface area contributed by atoms with Crippen molar-refractivity contribution in [3.63, 3.8) is 0 Å². The molecule has 1 atom stereocenters. The molecule has 1 aromatic carbocycles. The molecule has 1 heterocycles. The van der Waals surface area contributed by atoms with Gasteiger partial charge in [-0.05, 0) is 24.5 Å². The molecule has 0 saturated heterocycles. The predicted molar refractivity (Wildman–Crippen MR) is 95.7 cm³/mol. The van der Waals surface area contributed by atoms with Gasteiger partial charge in [0.15, 0.2) is 0 Å². The summed E-state index contributed by atoms with van der Waals surface area (Å²) in [5.74, 6) is 0.825. The molecule has 2 aromatic rings. The first-order valence-electron chi connectivity index (χ1n) is 7.82. The number of hydrogen-bond acceptors (Lipinski definition) is 5. The fourth-order valence-electron chi connectivity index (χ4n) is 2.31. The fourth-order valence-corrected chi connectivity index (χ4v) is 2.31. The van der Waals surface area contributed by atoms with Crippen LogP contribution in [-0.2, 0) is 11.3 Å². The van der Waals surface area contributed by atoms with Crippen molar-refractivity contribution in [1.82, 2.24) is 25.5 Å². The molecule has 24 heavy (non-hydrogen) atoms. The van der Waals surface area contributed by atoms with Gasteiger partial charge in [0, 0.05) is 18.2 Å². The monoisotopic (exact) mass is 352 g/mol. The highest BCUT2D eigenvalue weighted by atomic mass is 35.5. The SMILES string of the molecule is Cc1ccc(-c2nnn(CC(=O)NC(CN)CC(C)C)n2)cc1.Cl. The average Bonchev–Trinajstić information content (AvgIpc) is 2.95. The van der Waals surface area contributed by atoms with E-state index in [0.29, 0.717) is 18.3 Å². The van der Waals surface area contributed by atoms with E-state index in [1.807, 2.05) is 31.2 Å². The smallest absolute Gasteiger partial charge is 0.243 e. The largest absolute Gasteiger partial charge is 0.350 e. The van der Waals surface area contributed by atoms with Crippen LogP contribution in [0.1, 0.15) is 25.8 Å². The number of hydrogen-bond donors (Lipinski definition) is 2. The van der Waals surface area contributed by atoms with Crippen LogP contribution >= 0.6 is 12.4 Å². The Morgan fingerprint density at radius 3 is 2.54 bits per heavy atom. The first-order valence-corrected chi connectivity index (χ1v) is 7.82. The van der Waals surface area contributed by atoms with Crippen LogP contribution in [0.4, 0.5) is 0 Å². The van der Waals surface area contributed by atoms with Gasteiger partial charge in [0.05, 0.1) is 0 Å². The Morgan fingerprint density at radius 1 is 1.29 bits per heavy atom. The molecule has 3 N–H and O–H groups in total. The van der Waals surface area contributed by atoms with E-state index < -0.39 is 0 Å². The topological polar surface area (TPSA) is 98.7 Å². The lowest BCUT2D eigenvalue weighted by atomic mass is 10.0. The summed E-state index contributed by atoms with van der Waals surface area (Å²) in [7, 11) is 0. The van der Waals surface area contributed by atoms with Crippen LogP contribution in [0.15, 0.2) is 24.3 Å². The number of carbonyl (C=O) groups excluding carboxylic acids is 1. The number of benzene rings is 1. The van der Waals surface area contributed by atoms with E-state index in [-0.39, 0.29) is 30.9 Å². The molecule has 1 unspecified atom stereocenters. The van der Waals surface area contributed by atoms with Crippen LogP contribution in [0.5, 0.6) is 0 Å². The lowest BCUT2D eigenvalue weighted by Gasteiger charge is -2.18. The zero-order valence-corrected chi connectivity index (χ0v) is 15.1. The van der Waals surface area contributed by atoms with Gasteiger partial charge in [-0.3, -0.25) is 4.79 Å². The molecule has 0 aliphatic carbocycles. The molecule has 7 nitrogen and oxygen atoms in total. The maximum Gasteiger partial charge on any atom is 0.243 e. The van der Waals surface area contributed by atoms with Gasteiger partial charge in [0.1, 0.15) is 6.54 Å². The van der Waals surface area contributed by atoms with Gasteiger partial charge in [0.25, 0.3) is 0 Å². The normalized spacial score (nSPS) is 11.9. The molecule has 1 amide bonds. The van der Waals surface area contributed by atoms with E-state index in [4.69, 9.17) is 5.73 Å². The fraction of sp³-hybridized carbons (Fsp3) is 0.500. The molecular weight excluding hydrogens is 328 g/mol. The molecule has 2 rings (SSSR count). The molecule has 0 fully saturated rings. The summed E-state index contributed by atoms with van der Waals surface area (Å²) >= 11 is 0. The number of tetrazole rings is 1. The number of aromatic nitrogens is 4. The van der Waals surface area contributed by atoms with Crippen molar-refractivity contribution in [2.24, 2.45) is 11.7 Å². The van der Waals surface area contributed by atoms with Gasteiger partial charge in [-0.1, -0.05) is 43.7 Å². The number of nitrogens with one attached hydrogen (secondary N) is 1. The predicted octanol–water partition coefficient (Wildman–Crippen LogP) is 1.56.